The molecule has 0 aromatic heterocycles. The molecule has 5 nitrogen and oxygen atoms in total. The maximum atomic E-state index is 14.7. The second-order valence-corrected chi connectivity index (χ2v) is 7.90. The lowest BCUT2D eigenvalue weighted by molar-refractivity contribution is -0.140. The van der Waals surface area contributed by atoms with Gasteiger partial charge in [0.15, 0.2) is 5.96 Å². The van der Waals surface area contributed by atoms with Gasteiger partial charge in [-0.3, -0.25) is 9.69 Å². The maximum Gasteiger partial charge on any atom is 0.237 e. The first kappa shape index (κ1) is 17.7. The number of halogens is 1. The smallest absolute Gasteiger partial charge is 0.237 e. The lowest BCUT2D eigenvalue weighted by Gasteiger charge is -2.46. The predicted octanol–water partition coefficient (Wildman–Crippen LogP) is 3.07. The number of nitrogens with zero attached hydrogens (tertiary/aromatic N) is 2. The summed E-state index contributed by atoms with van der Waals surface area (Å²) in [7, 11) is 1.59. The third kappa shape index (κ3) is 2.77. The van der Waals surface area contributed by atoms with Crippen LogP contribution in [0.2, 0.25) is 0 Å². The van der Waals surface area contributed by atoms with Crippen molar-refractivity contribution in [3.63, 3.8) is 0 Å². The summed E-state index contributed by atoms with van der Waals surface area (Å²) in [4.78, 5) is 18.6. The Hall–Kier alpha value is -2.11. The SMILES string of the molecule is CN1C(=O)C(C)(C)C(C)(c2cc(NCC3CCC3)ccc2F)N=C1N. The lowest BCUT2D eigenvalue weighted by atomic mass is 9.67. The zero-order chi connectivity index (χ0) is 18.4. The number of carbonyl (C=O) groups excluding carboxylic acids is 1. The highest BCUT2D eigenvalue weighted by Crippen LogP contribution is 2.47. The molecule has 25 heavy (non-hydrogen) atoms. The lowest BCUT2D eigenvalue weighted by Crippen LogP contribution is -2.58. The second-order valence-electron chi connectivity index (χ2n) is 7.90. The van der Waals surface area contributed by atoms with E-state index in [1.54, 1.807) is 40.0 Å². The Morgan fingerprint density at radius 1 is 1.36 bits per heavy atom. The number of benzene rings is 1. The summed E-state index contributed by atoms with van der Waals surface area (Å²) in [5.74, 6) is 0.256. The van der Waals surface area contributed by atoms with Gasteiger partial charge in [-0.15, -0.1) is 0 Å². The molecule has 1 aliphatic heterocycles. The number of rotatable bonds is 4. The van der Waals surface area contributed by atoms with Crippen molar-refractivity contribution in [1.82, 2.24) is 4.90 Å². The van der Waals surface area contributed by atoms with Crippen molar-refractivity contribution in [3.05, 3.63) is 29.6 Å². The molecule has 3 N–H and O–H groups in total. The number of aliphatic imine (C=N–C) groups is 1. The quantitative estimate of drug-likeness (QED) is 0.880. The topological polar surface area (TPSA) is 70.7 Å². The molecule has 1 aromatic carbocycles. The number of carbonyl (C=O) groups is 1. The Bertz CT molecular complexity index is 726. The van der Waals surface area contributed by atoms with Crippen LogP contribution in [0.1, 0.15) is 45.6 Å². The highest BCUT2D eigenvalue weighted by Gasteiger charge is 2.53. The summed E-state index contributed by atoms with van der Waals surface area (Å²) in [5.41, 5.74) is 5.18. The monoisotopic (exact) mass is 346 g/mol. The van der Waals surface area contributed by atoms with Gasteiger partial charge in [0.2, 0.25) is 5.91 Å². The van der Waals surface area contributed by atoms with Gasteiger partial charge in [-0.2, -0.15) is 0 Å². The minimum absolute atomic E-state index is 0.110. The maximum absolute atomic E-state index is 14.7. The summed E-state index contributed by atoms with van der Waals surface area (Å²) in [6, 6.07) is 4.94. The summed E-state index contributed by atoms with van der Waals surface area (Å²) >= 11 is 0. The summed E-state index contributed by atoms with van der Waals surface area (Å²) in [6.07, 6.45) is 3.78. The Balaban J connectivity index is 1.99. The fourth-order valence-corrected chi connectivity index (χ4v) is 3.54. The third-order valence-electron chi connectivity index (χ3n) is 6.05. The molecule has 6 heteroatoms. The van der Waals surface area contributed by atoms with Gasteiger partial charge in [0, 0.05) is 24.8 Å². The summed E-state index contributed by atoms with van der Waals surface area (Å²) < 4.78 is 14.7. The van der Waals surface area contributed by atoms with Gasteiger partial charge in [-0.25, -0.2) is 9.38 Å². The number of amides is 1. The molecule has 1 aliphatic carbocycles. The number of hydrogen-bond acceptors (Lipinski definition) is 4. The minimum atomic E-state index is -1.07. The Morgan fingerprint density at radius 3 is 2.64 bits per heavy atom. The number of anilines is 1. The van der Waals surface area contributed by atoms with Gasteiger partial charge >= 0.3 is 0 Å². The van der Waals surface area contributed by atoms with Crippen LogP contribution >= 0.6 is 0 Å². The van der Waals surface area contributed by atoms with E-state index in [-0.39, 0.29) is 17.7 Å². The molecule has 1 amide bonds. The van der Waals surface area contributed by atoms with E-state index < -0.39 is 11.0 Å². The van der Waals surface area contributed by atoms with Crippen molar-refractivity contribution >= 4 is 17.6 Å². The largest absolute Gasteiger partial charge is 0.385 e. The molecule has 1 unspecified atom stereocenters. The van der Waals surface area contributed by atoms with Gasteiger partial charge < -0.3 is 11.1 Å². The van der Waals surface area contributed by atoms with E-state index in [4.69, 9.17) is 5.73 Å². The van der Waals surface area contributed by atoms with E-state index >= 15 is 0 Å². The molecule has 1 atom stereocenters. The fraction of sp³-hybridized carbons (Fsp3) is 0.579. The van der Waals surface area contributed by atoms with Crippen LogP contribution in [0, 0.1) is 17.2 Å². The van der Waals surface area contributed by atoms with Gasteiger partial charge in [-0.1, -0.05) is 6.42 Å². The number of nitrogens with one attached hydrogen (secondary N) is 1. The van der Waals surface area contributed by atoms with E-state index in [0.717, 1.165) is 12.2 Å². The van der Waals surface area contributed by atoms with Gasteiger partial charge in [0.1, 0.15) is 11.4 Å². The molecule has 2 aliphatic rings. The van der Waals surface area contributed by atoms with Gasteiger partial charge in [-0.05, 0) is 57.7 Å². The molecule has 1 aromatic rings. The van der Waals surface area contributed by atoms with Crippen molar-refractivity contribution in [2.75, 3.05) is 18.9 Å². The van der Waals surface area contributed by atoms with Gasteiger partial charge in [0.05, 0.1) is 5.41 Å². The van der Waals surface area contributed by atoms with Crippen molar-refractivity contribution in [2.45, 2.75) is 45.6 Å². The fourth-order valence-electron chi connectivity index (χ4n) is 3.54. The van der Waals surface area contributed by atoms with Crippen LogP contribution in [0.25, 0.3) is 0 Å². The number of hydrogen-bond donors (Lipinski definition) is 2. The van der Waals surface area contributed by atoms with Crippen molar-refractivity contribution < 1.29 is 9.18 Å². The average Bonchev–Trinajstić information content (AvgIpc) is 2.51. The number of nitrogens with two attached hydrogens (primary N) is 1. The third-order valence-corrected chi connectivity index (χ3v) is 6.05. The molecular formula is C19H27FN4O. The Labute approximate surface area is 148 Å². The van der Waals surface area contributed by atoms with Crippen LogP contribution < -0.4 is 11.1 Å². The zero-order valence-corrected chi connectivity index (χ0v) is 15.4. The van der Waals surface area contributed by atoms with Crippen molar-refractivity contribution in [2.24, 2.45) is 22.1 Å². The Morgan fingerprint density at radius 2 is 2.04 bits per heavy atom. The molecule has 136 valence electrons. The van der Waals surface area contributed by atoms with Gasteiger partial charge in [0.25, 0.3) is 0 Å². The zero-order valence-electron chi connectivity index (χ0n) is 15.4. The molecule has 1 fully saturated rings. The van der Waals surface area contributed by atoms with Crippen LogP contribution in [0.3, 0.4) is 0 Å². The first-order chi connectivity index (χ1) is 11.7. The normalized spacial score (nSPS) is 26.2. The molecule has 0 bridgehead atoms. The average molecular weight is 346 g/mol. The van der Waals surface area contributed by atoms with E-state index in [9.17, 15) is 9.18 Å². The first-order valence-corrected chi connectivity index (χ1v) is 8.84. The molecule has 1 saturated carbocycles. The first-order valence-electron chi connectivity index (χ1n) is 8.84. The molecular weight excluding hydrogens is 319 g/mol. The standard InChI is InChI=1S/C19H27FN4O/c1-18(2)16(25)24(4)17(21)23-19(18,3)14-10-13(8-9-15(14)20)22-11-12-6-5-7-12/h8-10,12,22H,5-7,11H2,1-4H3,(H2,21,23). The van der Waals surface area contributed by atoms with Crippen LogP contribution in [0.15, 0.2) is 23.2 Å². The second kappa shape index (κ2) is 6.00. The van der Waals surface area contributed by atoms with E-state index in [2.05, 4.69) is 10.3 Å². The summed E-state index contributed by atoms with van der Waals surface area (Å²) in [5, 5.41) is 3.39. The Kier molecular flexibility index (Phi) is 4.25. The van der Waals surface area contributed by atoms with E-state index in [0.29, 0.717) is 11.5 Å². The van der Waals surface area contributed by atoms with Crippen molar-refractivity contribution in [1.29, 1.82) is 0 Å². The number of guanidine groups is 1. The van der Waals surface area contributed by atoms with E-state index in [1.807, 2.05) is 0 Å². The van der Waals surface area contributed by atoms with Crippen LogP contribution in [0.5, 0.6) is 0 Å². The predicted molar refractivity (Wildman–Crippen MR) is 97.8 cm³/mol. The molecule has 0 spiro atoms. The van der Waals surface area contributed by atoms with Crippen LogP contribution in [0.4, 0.5) is 10.1 Å². The minimum Gasteiger partial charge on any atom is -0.385 e. The van der Waals surface area contributed by atoms with E-state index in [1.165, 1.54) is 30.2 Å². The summed E-state index contributed by atoms with van der Waals surface area (Å²) in [6.45, 7) is 6.24. The molecule has 0 saturated heterocycles. The molecule has 0 radical (unpaired) electrons. The van der Waals surface area contributed by atoms with Crippen LogP contribution in [-0.4, -0.2) is 30.4 Å². The van der Waals surface area contributed by atoms with Crippen LogP contribution in [-0.2, 0) is 10.3 Å². The molecule has 3 rings (SSSR count). The van der Waals surface area contributed by atoms with Crippen molar-refractivity contribution in [3.8, 4) is 0 Å². The highest BCUT2D eigenvalue weighted by molar-refractivity contribution is 6.01. The highest BCUT2D eigenvalue weighted by atomic mass is 19.1. The molecule has 1 heterocycles.